The Bertz CT molecular complexity index is 533. The van der Waals surface area contributed by atoms with Gasteiger partial charge in [-0.05, 0) is 24.3 Å². The molecule has 7 nitrogen and oxygen atoms in total. The fourth-order valence-electron chi connectivity index (χ4n) is 1.55. The van der Waals surface area contributed by atoms with Crippen LogP contribution in [0, 0.1) is 0 Å². The van der Waals surface area contributed by atoms with Crippen LogP contribution in [-0.4, -0.2) is 54.6 Å². The van der Waals surface area contributed by atoms with Crippen LogP contribution in [-0.2, 0) is 4.79 Å². The number of amides is 3. The first kappa shape index (κ1) is 18.0. The summed E-state index contributed by atoms with van der Waals surface area (Å²) < 4.78 is 0.890. The third kappa shape index (κ3) is 6.57. The summed E-state index contributed by atoms with van der Waals surface area (Å²) >= 11 is 3.29. The van der Waals surface area contributed by atoms with Crippen molar-refractivity contribution in [1.29, 1.82) is 0 Å². The van der Waals surface area contributed by atoms with Crippen LogP contribution in [0.1, 0.15) is 16.8 Å². The van der Waals surface area contributed by atoms with E-state index in [-0.39, 0.29) is 38.0 Å². The van der Waals surface area contributed by atoms with E-state index in [0.717, 1.165) is 4.47 Å². The fraction of sp³-hybridized carbons (Fsp3) is 0.357. The largest absolute Gasteiger partial charge is 0.481 e. The summed E-state index contributed by atoms with van der Waals surface area (Å²) in [7, 11) is 1.51. The molecule has 1 aromatic rings. The van der Waals surface area contributed by atoms with Crippen molar-refractivity contribution in [2.45, 2.75) is 6.42 Å². The molecule has 1 rings (SSSR count). The van der Waals surface area contributed by atoms with Crippen molar-refractivity contribution in [3.05, 3.63) is 34.3 Å². The molecule has 0 spiro atoms. The summed E-state index contributed by atoms with van der Waals surface area (Å²) in [6.45, 7) is 0.679. The molecule has 0 unspecified atom stereocenters. The standard InChI is InChI=1S/C14H18BrN3O4/c1-18(9-6-12(19)20)14(22)17-8-7-16-13(21)10-2-4-11(15)5-3-10/h2-5H,6-9H2,1H3,(H,16,21)(H,17,22)(H,19,20). The predicted octanol–water partition coefficient (Wildman–Crippen LogP) is 1.30. The Morgan fingerprint density at radius 2 is 1.73 bits per heavy atom. The molecular formula is C14H18BrN3O4. The van der Waals surface area contributed by atoms with E-state index in [1.54, 1.807) is 24.3 Å². The zero-order chi connectivity index (χ0) is 16.5. The molecule has 0 saturated heterocycles. The van der Waals surface area contributed by atoms with Gasteiger partial charge in [0.25, 0.3) is 5.91 Å². The number of carbonyl (C=O) groups is 3. The van der Waals surface area contributed by atoms with E-state index in [2.05, 4.69) is 26.6 Å². The quantitative estimate of drug-likeness (QED) is 0.629. The van der Waals surface area contributed by atoms with Crippen LogP contribution in [0.2, 0.25) is 0 Å². The van der Waals surface area contributed by atoms with E-state index < -0.39 is 5.97 Å². The lowest BCUT2D eigenvalue weighted by Crippen LogP contribution is -2.41. The molecule has 3 amide bonds. The summed E-state index contributed by atoms with van der Waals surface area (Å²) in [4.78, 5) is 35.1. The maximum Gasteiger partial charge on any atom is 0.317 e. The number of hydrogen-bond donors (Lipinski definition) is 3. The zero-order valence-electron chi connectivity index (χ0n) is 12.1. The lowest BCUT2D eigenvalue weighted by atomic mass is 10.2. The van der Waals surface area contributed by atoms with Gasteiger partial charge >= 0.3 is 12.0 Å². The van der Waals surface area contributed by atoms with Gasteiger partial charge in [-0.15, -0.1) is 0 Å². The van der Waals surface area contributed by atoms with Crippen LogP contribution < -0.4 is 10.6 Å². The van der Waals surface area contributed by atoms with Crippen LogP contribution in [0.15, 0.2) is 28.7 Å². The molecule has 0 atom stereocenters. The van der Waals surface area contributed by atoms with E-state index in [0.29, 0.717) is 5.56 Å². The normalized spacial score (nSPS) is 9.91. The molecule has 22 heavy (non-hydrogen) atoms. The highest BCUT2D eigenvalue weighted by molar-refractivity contribution is 9.10. The molecule has 0 aliphatic heterocycles. The Kier molecular flexibility index (Phi) is 7.38. The minimum absolute atomic E-state index is 0.107. The molecule has 0 fully saturated rings. The van der Waals surface area contributed by atoms with Crippen molar-refractivity contribution in [2.24, 2.45) is 0 Å². The molecule has 120 valence electrons. The van der Waals surface area contributed by atoms with Crippen LogP contribution >= 0.6 is 15.9 Å². The van der Waals surface area contributed by atoms with Crippen LogP contribution in [0.3, 0.4) is 0 Å². The molecule has 0 aromatic heterocycles. The number of carboxylic acids is 1. The van der Waals surface area contributed by atoms with E-state index in [9.17, 15) is 14.4 Å². The van der Waals surface area contributed by atoms with Gasteiger partial charge in [0.05, 0.1) is 6.42 Å². The summed E-state index contributed by atoms with van der Waals surface area (Å²) in [5.74, 6) is -1.18. The summed E-state index contributed by atoms with van der Waals surface area (Å²) in [5, 5.41) is 13.8. The van der Waals surface area contributed by atoms with Gasteiger partial charge in [0.1, 0.15) is 0 Å². The lowest BCUT2D eigenvalue weighted by molar-refractivity contribution is -0.137. The SMILES string of the molecule is CN(CCC(=O)O)C(=O)NCCNC(=O)c1ccc(Br)cc1. The average molecular weight is 372 g/mol. The van der Waals surface area contributed by atoms with Crippen molar-refractivity contribution >= 4 is 33.8 Å². The number of nitrogens with zero attached hydrogens (tertiary/aromatic N) is 1. The molecule has 8 heteroatoms. The number of halogens is 1. The van der Waals surface area contributed by atoms with Gasteiger partial charge < -0.3 is 20.6 Å². The molecule has 0 aliphatic carbocycles. The lowest BCUT2D eigenvalue weighted by Gasteiger charge is -2.17. The second kappa shape index (κ2) is 9.04. The van der Waals surface area contributed by atoms with E-state index in [4.69, 9.17) is 5.11 Å². The van der Waals surface area contributed by atoms with Crippen molar-refractivity contribution in [1.82, 2.24) is 15.5 Å². The Labute approximate surface area is 136 Å². The third-order valence-corrected chi connectivity index (χ3v) is 3.33. The maximum atomic E-state index is 11.8. The summed E-state index contributed by atoms with van der Waals surface area (Å²) in [5.41, 5.74) is 0.535. The van der Waals surface area contributed by atoms with E-state index in [1.807, 2.05) is 0 Å². The molecular weight excluding hydrogens is 354 g/mol. The van der Waals surface area contributed by atoms with Crippen LogP contribution in [0.5, 0.6) is 0 Å². The van der Waals surface area contributed by atoms with Crippen LogP contribution in [0.25, 0.3) is 0 Å². The molecule has 3 N–H and O–H groups in total. The van der Waals surface area contributed by atoms with Crippen molar-refractivity contribution in [3.8, 4) is 0 Å². The smallest absolute Gasteiger partial charge is 0.317 e. The number of rotatable bonds is 7. The minimum Gasteiger partial charge on any atom is -0.481 e. The number of hydrogen-bond acceptors (Lipinski definition) is 3. The number of nitrogens with one attached hydrogen (secondary N) is 2. The van der Waals surface area contributed by atoms with Crippen molar-refractivity contribution < 1.29 is 19.5 Å². The van der Waals surface area contributed by atoms with Crippen LogP contribution in [0.4, 0.5) is 4.79 Å². The molecule has 0 radical (unpaired) electrons. The highest BCUT2D eigenvalue weighted by Gasteiger charge is 2.09. The Morgan fingerprint density at radius 1 is 1.14 bits per heavy atom. The van der Waals surface area contributed by atoms with Gasteiger partial charge in [0.2, 0.25) is 0 Å². The number of carboxylic acid groups (broad SMARTS) is 1. The molecule has 0 heterocycles. The monoisotopic (exact) mass is 371 g/mol. The first-order valence-corrected chi connectivity index (χ1v) is 7.44. The average Bonchev–Trinajstić information content (AvgIpc) is 2.49. The first-order chi connectivity index (χ1) is 10.4. The minimum atomic E-state index is -0.957. The third-order valence-electron chi connectivity index (χ3n) is 2.80. The van der Waals surface area contributed by atoms with Gasteiger partial charge in [-0.25, -0.2) is 4.79 Å². The maximum absolute atomic E-state index is 11.8. The van der Waals surface area contributed by atoms with Crippen molar-refractivity contribution in [3.63, 3.8) is 0 Å². The topological polar surface area (TPSA) is 98.7 Å². The summed E-state index contributed by atoms with van der Waals surface area (Å²) in [6, 6.07) is 6.55. The van der Waals surface area contributed by atoms with Gasteiger partial charge in [0.15, 0.2) is 0 Å². The molecule has 1 aromatic carbocycles. The van der Waals surface area contributed by atoms with Gasteiger partial charge in [-0.2, -0.15) is 0 Å². The number of benzene rings is 1. The van der Waals surface area contributed by atoms with Gasteiger partial charge in [0, 0.05) is 36.7 Å². The Hall–Kier alpha value is -2.09. The second-order valence-electron chi connectivity index (χ2n) is 4.56. The van der Waals surface area contributed by atoms with Crippen molar-refractivity contribution in [2.75, 3.05) is 26.7 Å². The summed E-state index contributed by atoms with van der Waals surface area (Å²) in [6.07, 6.45) is -0.107. The second-order valence-corrected chi connectivity index (χ2v) is 5.48. The first-order valence-electron chi connectivity index (χ1n) is 6.64. The van der Waals surface area contributed by atoms with Gasteiger partial charge in [-0.1, -0.05) is 15.9 Å². The number of carbonyl (C=O) groups excluding carboxylic acids is 2. The highest BCUT2D eigenvalue weighted by Crippen LogP contribution is 2.10. The fourth-order valence-corrected chi connectivity index (χ4v) is 1.81. The zero-order valence-corrected chi connectivity index (χ0v) is 13.7. The molecule has 0 saturated carbocycles. The highest BCUT2D eigenvalue weighted by atomic mass is 79.9. The van der Waals surface area contributed by atoms with E-state index >= 15 is 0 Å². The number of aliphatic carboxylic acids is 1. The number of urea groups is 1. The predicted molar refractivity (Wildman–Crippen MR) is 84.8 cm³/mol. The van der Waals surface area contributed by atoms with E-state index in [1.165, 1.54) is 11.9 Å². The Morgan fingerprint density at radius 3 is 2.32 bits per heavy atom. The molecule has 0 aliphatic rings. The van der Waals surface area contributed by atoms with Gasteiger partial charge in [-0.3, -0.25) is 9.59 Å². The Balaban J connectivity index is 2.24. The molecule has 0 bridgehead atoms.